The minimum atomic E-state index is -0.177. The van der Waals surface area contributed by atoms with Crippen LogP contribution in [0.1, 0.15) is 30.2 Å². The van der Waals surface area contributed by atoms with Gasteiger partial charge in [-0.2, -0.15) is 0 Å². The maximum Gasteiger partial charge on any atom is 0.231 e. The van der Waals surface area contributed by atoms with Gasteiger partial charge < -0.3 is 23.9 Å². The van der Waals surface area contributed by atoms with E-state index in [1.807, 2.05) is 30.3 Å². The van der Waals surface area contributed by atoms with Crippen molar-refractivity contribution in [2.45, 2.75) is 25.3 Å². The maximum absolute atomic E-state index is 12.3. The highest BCUT2D eigenvalue weighted by Gasteiger charge is 2.18. The van der Waals surface area contributed by atoms with Gasteiger partial charge in [-0.25, -0.2) is 0 Å². The van der Waals surface area contributed by atoms with Crippen molar-refractivity contribution in [3.8, 4) is 11.5 Å². The smallest absolute Gasteiger partial charge is 0.231 e. The number of aryl methyl sites for hydroxylation is 1. The number of fused-ring (bicyclic) bond motifs is 1. The number of ether oxygens (including phenoxy) is 3. The Bertz CT molecular complexity index is 668. The van der Waals surface area contributed by atoms with Gasteiger partial charge in [-0.05, 0) is 42.7 Å². The van der Waals surface area contributed by atoms with Crippen LogP contribution in [0.15, 0.2) is 41.0 Å². The Morgan fingerprint density at radius 1 is 1.29 bits per heavy atom. The number of carbonyl (C=O) groups excluding carboxylic acids is 1. The van der Waals surface area contributed by atoms with Crippen LogP contribution in [0.2, 0.25) is 0 Å². The van der Waals surface area contributed by atoms with Crippen molar-refractivity contribution in [2.24, 2.45) is 0 Å². The van der Waals surface area contributed by atoms with E-state index < -0.39 is 0 Å². The number of hydrogen-bond acceptors (Lipinski definition) is 5. The van der Waals surface area contributed by atoms with Crippen molar-refractivity contribution in [3.05, 3.63) is 47.9 Å². The standard InChI is InChI=1S/C18H21NO5/c1-21-10-8-14(15-3-2-9-22-15)19-18(20)7-5-13-4-6-16-17(11-13)24-12-23-16/h2-4,6,9,11,14H,5,7-8,10,12H2,1H3,(H,19,20)/t14-/m1/s1. The molecule has 128 valence electrons. The monoisotopic (exact) mass is 331 g/mol. The lowest BCUT2D eigenvalue weighted by Crippen LogP contribution is -2.29. The van der Waals surface area contributed by atoms with Crippen molar-refractivity contribution in [1.29, 1.82) is 0 Å². The summed E-state index contributed by atoms with van der Waals surface area (Å²) in [6, 6.07) is 9.25. The predicted molar refractivity (Wildman–Crippen MR) is 87.0 cm³/mol. The molecule has 1 aromatic heterocycles. The molecular formula is C18H21NO5. The third-order valence-electron chi connectivity index (χ3n) is 3.91. The molecular weight excluding hydrogens is 310 g/mol. The molecule has 0 bridgehead atoms. The Labute approximate surface area is 140 Å². The zero-order valence-electron chi connectivity index (χ0n) is 13.6. The van der Waals surface area contributed by atoms with Crippen LogP contribution in [-0.4, -0.2) is 26.4 Å². The molecule has 2 heterocycles. The lowest BCUT2D eigenvalue weighted by Gasteiger charge is -2.16. The molecule has 3 rings (SSSR count). The summed E-state index contributed by atoms with van der Waals surface area (Å²) in [5.74, 6) is 2.20. The molecule has 1 N–H and O–H groups in total. The summed E-state index contributed by atoms with van der Waals surface area (Å²) in [5.41, 5.74) is 1.04. The second-order valence-electron chi connectivity index (χ2n) is 5.60. The molecule has 0 saturated heterocycles. The molecule has 0 spiro atoms. The lowest BCUT2D eigenvalue weighted by molar-refractivity contribution is -0.122. The Kier molecular flexibility index (Phi) is 5.38. The van der Waals surface area contributed by atoms with Gasteiger partial charge in [-0.3, -0.25) is 4.79 Å². The average Bonchev–Trinajstić information content (AvgIpc) is 3.27. The molecule has 0 fully saturated rings. The third-order valence-corrected chi connectivity index (χ3v) is 3.91. The SMILES string of the molecule is COCC[C@@H](NC(=O)CCc1ccc2c(c1)OCO2)c1ccco1. The summed E-state index contributed by atoms with van der Waals surface area (Å²) in [6.45, 7) is 0.803. The summed E-state index contributed by atoms with van der Waals surface area (Å²) >= 11 is 0. The summed E-state index contributed by atoms with van der Waals surface area (Å²) < 4.78 is 21.2. The molecule has 1 atom stereocenters. The number of furan rings is 1. The van der Waals surface area contributed by atoms with Gasteiger partial charge in [0.15, 0.2) is 11.5 Å². The van der Waals surface area contributed by atoms with E-state index in [4.69, 9.17) is 18.6 Å². The summed E-state index contributed by atoms with van der Waals surface area (Å²) in [6.07, 6.45) is 3.30. The minimum absolute atomic E-state index is 0.0230. The van der Waals surface area contributed by atoms with E-state index in [9.17, 15) is 4.79 Å². The molecule has 0 aliphatic carbocycles. The van der Waals surface area contributed by atoms with Gasteiger partial charge in [0, 0.05) is 20.1 Å². The maximum atomic E-state index is 12.3. The van der Waals surface area contributed by atoms with Gasteiger partial charge in [0.05, 0.1) is 12.3 Å². The van der Waals surface area contributed by atoms with Crippen molar-refractivity contribution in [1.82, 2.24) is 5.32 Å². The highest BCUT2D eigenvalue weighted by Crippen LogP contribution is 2.32. The van der Waals surface area contributed by atoms with Crippen LogP contribution in [0.3, 0.4) is 0 Å². The van der Waals surface area contributed by atoms with Crippen molar-refractivity contribution >= 4 is 5.91 Å². The van der Waals surface area contributed by atoms with E-state index >= 15 is 0 Å². The summed E-state index contributed by atoms with van der Waals surface area (Å²) in [5, 5.41) is 3.01. The fourth-order valence-corrected chi connectivity index (χ4v) is 2.63. The number of methoxy groups -OCH3 is 1. The molecule has 0 saturated carbocycles. The van der Waals surface area contributed by atoms with Crippen LogP contribution in [0, 0.1) is 0 Å². The fraction of sp³-hybridized carbons (Fsp3) is 0.389. The van der Waals surface area contributed by atoms with E-state index in [-0.39, 0.29) is 18.7 Å². The average molecular weight is 331 g/mol. The molecule has 1 aliphatic rings. The number of carbonyl (C=O) groups is 1. The van der Waals surface area contributed by atoms with Gasteiger partial charge in [-0.15, -0.1) is 0 Å². The second-order valence-corrected chi connectivity index (χ2v) is 5.60. The largest absolute Gasteiger partial charge is 0.467 e. The predicted octanol–water partition coefficient (Wildman–Crippen LogP) is 2.83. The highest BCUT2D eigenvalue weighted by molar-refractivity contribution is 5.76. The zero-order valence-corrected chi connectivity index (χ0v) is 13.6. The van der Waals surface area contributed by atoms with Crippen LogP contribution in [0.25, 0.3) is 0 Å². The highest BCUT2D eigenvalue weighted by atomic mass is 16.7. The first-order valence-electron chi connectivity index (χ1n) is 7.96. The molecule has 1 aliphatic heterocycles. The van der Waals surface area contributed by atoms with E-state index in [0.29, 0.717) is 25.9 Å². The molecule has 2 aromatic rings. The fourth-order valence-electron chi connectivity index (χ4n) is 2.63. The van der Waals surface area contributed by atoms with Gasteiger partial charge in [0.25, 0.3) is 0 Å². The van der Waals surface area contributed by atoms with E-state index in [1.54, 1.807) is 13.4 Å². The van der Waals surface area contributed by atoms with E-state index in [2.05, 4.69) is 5.32 Å². The van der Waals surface area contributed by atoms with Gasteiger partial charge in [0.1, 0.15) is 5.76 Å². The molecule has 0 unspecified atom stereocenters. The molecule has 1 aromatic carbocycles. The Morgan fingerprint density at radius 3 is 2.96 bits per heavy atom. The van der Waals surface area contributed by atoms with Crippen LogP contribution >= 0.6 is 0 Å². The Hall–Kier alpha value is -2.47. The molecule has 6 heteroatoms. The summed E-state index contributed by atoms with van der Waals surface area (Å²) in [7, 11) is 1.64. The topological polar surface area (TPSA) is 69.9 Å². The normalized spacial score (nSPS) is 13.7. The quantitative estimate of drug-likeness (QED) is 0.805. The third kappa shape index (κ3) is 4.08. The molecule has 24 heavy (non-hydrogen) atoms. The first-order valence-corrected chi connectivity index (χ1v) is 7.96. The van der Waals surface area contributed by atoms with Crippen LogP contribution < -0.4 is 14.8 Å². The van der Waals surface area contributed by atoms with Crippen LogP contribution in [0.5, 0.6) is 11.5 Å². The van der Waals surface area contributed by atoms with Crippen LogP contribution in [-0.2, 0) is 16.0 Å². The Balaban J connectivity index is 1.54. The van der Waals surface area contributed by atoms with Gasteiger partial charge >= 0.3 is 0 Å². The molecule has 0 radical (unpaired) electrons. The van der Waals surface area contributed by atoms with Crippen molar-refractivity contribution < 1.29 is 23.4 Å². The van der Waals surface area contributed by atoms with Crippen molar-refractivity contribution in [3.63, 3.8) is 0 Å². The number of amides is 1. The zero-order chi connectivity index (χ0) is 16.8. The first kappa shape index (κ1) is 16.4. The van der Waals surface area contributed by atoms with E-state index in [1.165, 1.54) is 0 Å². The number of benzene rings is 1. The van der Waals surface area contributed by atoms with E-state index in [0.717, 1.165) is 22.8 Å². The number of rotatable bonds is 8. The molecule has 1 amide bonds. The minimum Gasteiger partial charge on any atom is -0.467 e. The van der Waals surface area contributed by atoms with Gasteiger partial charge in [0.2, 0.25) is 12.7 Å². The molecule has 6 nitrogen and oxygen atoms in total. The first-order chi connectivity index (χ1) is 11.8. The lowest BCUT2D eigenvalue weighted by atomic mass is 10.1. The number of hydrogen-bond donors (Lipinski definition) is 1. The van der Waals surface area contributed by atoms with Gasteiger partial charge in [-0.1, -0.05) is 6.07 Å². The van der Waals surface area contributed by atoms with Crippen LogP contribution in [0.4, 0.5) is 0 Å². The second kappa shape index (κ2) is 7.88. The summed E-state index contributed by atoms with van der Waals surface area (Å²) in [4.78, 5) is 12.3. The number of nitrogens with one attached hydrogen (secondary N) is 1. The Morgan fingerprint density at radius 2 is 2.17 bits per heavy atom. The van der Waals surface area contributed by atoms with Crippen molar-refractivity contribution in [2.75, 3.05) is 20.5 Å².